The van der Waals surface area contributed by atoms with E-state index >= 15 is 0 Å². The number of anilines is 1. The molecule has 0 fully saturated rings. The van der Waals surface area contributed by atoms with Gasteiger partial charge < -0.3 is 11.1 Å². The van der Waals surface area contributed by atoms with Crippen LogP contribution in [0.2, 0.25) is 0 Å². The monoisotopic (exact) mass is 271 g/mol. The zero-order valence-electron chi connectivity index (χ0n) is 11.1. The summed E-state index contributed by atoms with van der Waals surface area (Å²) in [7, 11) is 1.49. The van der Waals surface area contributed by atoms with Crippen LogP contribution in [-0.4, -0.2) is 36.9 Å². The van der Waals surface area contributed by atoms with Crippen molar-refractivity contribution < 1.29 is 13.6 Å². The molecule has 6 heteroatoms. The topological polar surface area (TPSA) is 58.4 Å². The third-order valence-corrected chi connectivity index (χ3v) is 2.90. The average Bonchev–Trinajstić information content (AvgIpc) is 2.37. The molecule has 0 saturated carbocycles. The molecule has 0 aromatic heterocycles. The van der Waals surface area contributed by atoms with E-state index in [1.54, 1.807) is 25.1 Å². The summed E-state index contributed by atoms with van der Waals surface area (Å²) in [4.78, 5) is 13.2. The highest BCUT2D eigenvalue weighted by atomic mass is 19.3. The lowest BCUT2D eigenvalue weighted by Gasteiger charge is -2.23. The van der Waals surface area contributed by atoms with Crippen molar-refractivity contribution in [2.24, 2.45) is 5.73 Å². The van der Waals surface area contributed by atoms with Crippen molar-refractivity contribution in [1.82, 2.24) is 4.90 Å². The Morgan fingerprint density at radius 1 is 1.47 bits per heavy atom. The molecule has 0 saturated heterocycles. The number of nitrogens with zero attached hydrogens (tertiary/aromatic N) is 1. The highest BCUT2D eigenvalue weighted by Gasteiger charge is 2.20. The van der Waals surface area contributed by atoms with Gasteiger partial charge in [0.25, 0.3) is 6.43 Å². The minimum absolute atomic E-state index is 0.322. The molecule has 0 spiro atoms. The van der Waals surface area contributed by atoms with Crippen LogP contribution in [0.5, 0.6) is 0 Å². The minimum atomic E-state index is -2.46. The predicted octanol–water partition coefficient (Wildman–Crippen LogP) is 1.67. The largest absolute Gasteiger partial charge is 0.326 e. The predicted molar refractivity (Wildman–Crippen MR) is 71.1 cm³/mol. The summed E-state index contributed by atoms with van der Waals surface area (Å²) in [5, 5.41) is 2.69. The molecular formula is C13H19F2N3O. The summed E-state index contributed by atoms with van der Waals surface area (Å²) in [6.07, 6.45) is -2.46. The van der Waals surface area contributed by atoms with E-state index in [9.17, 15) is 13.6 Å². The summed E-state index contributed by atoms with van der Waals surface area (Å²) in [5.74, 6) is -0.322. The van der Waals surface area contributed by atoms with Gasteiger partial charge in [-0.2, -0.15) is 0 Å². The van der Waals surface area contributed by atoms with E-state index < -0.39 is 19.0 Å². The Balaban J connectivity index is 2.62. The number of carbonyl (C=O) groups excluding carboxylic acids is 1. The van der Waals surface area contributed by atoms with E-state index in [1.807, 2.05) is 6.07 Å². The van der Waals surface area contributed by atoms with Gasteiger partial charge in [-0.25, -0.2) is 8.78 Å². The maximum Gasteiger partial charge on any atom is 0.251 e. The van der Waals surface area contributed by atoms with Crippen LogP contribution >= 0.6 is 0 Å². The summed E-state index contributed by atoms with van der Waals surface area (Å²) in [6.45, 7) is 1.53. The first-order valence-corrected chi connectivity index (χ1v) is 6.02. The number of alkyl halides is 2. The van der Waals surface area contributed by atoms with Crippen LogP contribution in [0.4, 0.5) is 14.5 Å². The molecule has 0 aliphatic heterocycles. The number of nitrogens with two attached hydrogens (primary N) is 1. The van der Waals surface area contributed by atoms with Crippen LogP contribution in [0.3, 0.4) is 0 Å². The van der Waals surface area contributed by atoms with Crippen molar-refractivity contribution in [2.45, 2.75) is 25.9 Å². The van der Waals surface area contributed by atoms with Crippen LogP contribution in [0.1, 0.15) is 12.5 Å². The van der Waals surface area contributed by atoms with Crippen LogP contribution in [-0.2, 0) is 11.3 Å². The van der Waals surface area contributed by atoms with Gasteiger partial charge in [-0.3, -0.25) is 9.69 Å². The zero-order chi connectivity index (χ0) is 14.4. The Bertz CT molecular complexity index is 426. The van der Waals surface area contributed by atoms with Gasteiger partial charge in [0.05, 0.1) is 12.6 Å². The molecule has 4 nitrogen and oxygen atoms in total. The van der Waals surface area contributed by atoms with Gasteiger partial charge in [0.2, 0.25) is 5.91 Å². The number of benzene rings is 1. The third-order valence-electron chi connectivity index (χ3n) is 2.90. The lowest BCUT2D eigenvalue weighted by atomic mass is 10.2. The van der Waals surface area contributed by atoms with Crippen LogP contribution in [0.15, 0.2) is 24.3 Å². The first-order chi connectivity index (χ1) is 8.93. The highest BCUT2D eigenvalue weighted by Crippen LogP contribution is 2.11. The molecule has 1 atom stereocenters. The summed E-state index contributed by atoms with van der Waals surface area (Å²) >= 11 is 0. The first-order valence-electron chi connectivity index (χ1n) is 6.02. The quantitative estimate of drug-likeness (QED) is 0.827. The number of halogens is 2. The Morgan fingerprint density at radius 2 is 2.16 bits per heavy atom. The molecule has 3 N–H and O–H groups in total. The summed E-state index contributed by atoms with van der Waals surface area (Å²) < 4.78 is 24.5. The van der Waals surface area contributed by atoms with Gasteiger partial charge in [-0.05, 0) is 31.7 Å². The van der Waals surface area contributed by atoms with Gasteiger partial charge in [-0.15, -0.1) is 0 Å². The van der Waals surface area contributed by atoms with E-state index in [0.29, 0.717) is 12.2 Å². The van der Waals surface area contributed by atoms with Crippen molar-refractivity contribution >= 4 is 11.6 Å². The minimum Gasteiger partial charge on any atom is -0.326 e. The Morgan fingerprint density at radius 3 is 2.74 bits per heavy atom. The van der Waals surface area contributed by atoms with Crippen molar-refractivity contribution in [3.8, 4) is 0 Å². The Hall–Kier alpha value is -1.53. The van der Waals surface area contributed by atoms with Crippen molar-refractivity contribution in [1.29, 1.82) is 0 Å². The highest BCUT2D eigenvalue weighted by molar-refractivity contribution is 5.94. The molecule has 1 aromatic carbocycles. The Kier molecular flexibility index (Phi) is 5.85. The number of amides is 1. The number of likely N-dealkylation sites (N-methyl/N-ethyl adjacent to an activating group) is 1. The van der Waals surface area contributed by atoms with E-state index in [4.69, 9.17) is 5.73 Å². The lowest BCUT2D eigenvalue weighted by molar-refractivity contribution is -0.120. The SMILES string of the molecule is CC(C(=O)Nc1cccc(CN)c1)N(C)CC(F)F. The third kappa shape index (κ3) is 4.92. The van der Waals surface area contributed by atoms with E-state index in [0.717, 1.165) is 5.56 Å². The maximum atomic E-state index is 12.2. The van der Waals surface area contributed by atoms with Crippen LogP contribution < -0.4 is 11.1 Å². The second-order valence-electron chi connectivity index (χ2n) is 4.40. The van der Waals surface area contributed by atoms with Crippen LogP contribution in [0, 0.1) is 0 Å². The molecule has 106 valence electrons. The molecule has 1 aromatic rings. The fourth-order valence-corrected chi connectivity index (χ4v) is 1.60. The normalized spacial score (nSPS) is 12.8. The standard InChI is InChI=1S/C13H19F2N3O/c1-9(18(2)8-12(14)15)13(19)17-11-5-3-4-10(6-11)7-16/h3-6,9,12H,7-8,16H2,1-2H3,(H,17,19). The lowest BCUT2D eigenvalue weighted by Crippen LogP contribution is -2.41. The van der Waals surface area contributed by atoms with Gasteiger partial charge in [0.15, 0.2) is 0 Å². The van der Waals surface area contributed by atoms with E-state index in [-0.39, 0.29) is 5.91 Å². The molecule has 19 heavy (non-hydrogen) atoms. The summed E-state index contributed by atoms with van der Waals surface area (Å²) in [5.41, 5.74) is 7.02. The molecule has 0 radical (unpaired) electrons. The van der Waals surface area contributed by atoms with E-state index in [1.165, 1.54) is 11.9 Å². The number of hydrogen-bond donors (Lipinski definition) is 2. The number of rotatable bonds is 6. The number of nitrogens with one attached hydrogen (secondary N) is 1. The molecule has 0 heterocycles. The van der Waals surface area contributed by atoms with Gasteiger partial charge >= 0.3 is 0 Å². The molecule has 1 rings (SSSR count). The van der Waals surface area contributed by atoms with Gasteiger partial charge in [0, 0.05) is 12.2 Å². The molecular weight excluding hydrogens is 252 g/mol. The fourth-order valence-electron chi connectivity index (χ4n) is 1.60. The number of carbonyl (C=O) groups is 1. The van der Waals surface area contributed by atoms with Crippen LogP contribution in [0.25, 0.3) is 0 Å². The molecule has 0 aliphatic rings. The van der Waals surface area contributed by atoms with Gasteiger partial charge in [-0.1, -0.05) is 12.1 Å². The second-order valence-corrected chi connectivity index (χ2v) is 4.40. The van der Waals surface area contributed by atoms with E-state index in [2.05, 4.69) is 5.32 Å². The summed E-state index contributed by atoms with van der Waals surface area (Å²) in [6, 6.07) is 6.50. The zero-order valence-corrected chi connectivity index (χ0v) is 11.1. The number of hydrogen-bond acceptors (Lipinski definition) is 3. The molecule has 0 aliphatic carbocycles. The van der Waals surface area contributed by atoms with Gasteiger partial charge in [0.1, 0.15) is 0 Å². The average molecular weight is 271 g/mol. The Labute approximate surface area is 111 Å². The van der Waals surface area contributed by atoms with Crippen molar-refractivity contribution in [2.75, 3.05) is 18.9 Å². The first kappa shape index (κ1) is 15.5. The molecule has 1 amide bonds. The fraction of sp³-hybridized carbons (Fsp3) is 0.462. The molecule has 0 bridgehead atoms. The van der Waals surface area contributed by atoms with Crippen molar-refractivity contribution in [3.05, 3.63) is 29.8 Å². The smallest absolute Gasteiger partial charge is 0.251 e. The maximum absolute atomic E-state index is 12.2. The molecule has 1 unspecified atom stereocenters. The second kappa shape index (κ2) is 7.16. The van der Waals surface area contributed by atoms with Crippen molar-refractivity contribution in [3.63, 3.8) is 0 Å².